The number of carbonyl (C=O) groups is 1. The molecule has 0 fully saturated rings. The molecule has 1 N–H and O–H groups in total. The summed E-state index contributed by atoms with van der Waals surface area (Å²) in [5, 5.41) is 10.6. The quantitative estimate of drug-likeness (QED) is 0.727. The van der Waals surface area contributed by atoms with Gasteiger partial charge in [0.15, 0.2) is 10.8 Å². The van der Waals surface area contributed by atoms with E-state index in [4.69, 9.17) is 5.11 Å². The number of imidazole rings is 2. The van der Waals surface area contributed by atoms with E-state index in [1.54, 1.807) is 23.3 Å². The number of aliphatic carboxylic acids is 1. The van der Waals surface area contributed by atoms with Crippen LogP contribution in [0.3, 0.4) is 0 Å². The summed E-state index contributed by atoms with van der Waals surface area (Å²) in [7, 11) is 0. The maximum Gasteiger partial charge on any atom is 0.328 e. The van der Waals surface area contributed by atoms with Gasteiger partial charge in [-0.05, 0) is 6.08 Å². The Morgan fingerprint density at radius 1 is 1.44 bits per heavy atom. The van der Waals surface area contributed by atoms with Crippen molar-refractivity contribution in [2.45, 2.75) is 0 Å². The van der Waals surface area contributed by atoms with Crippen LogP contribution in [0.5, 0.6) is 0 Å². The lowest BCUT2D eigenvalue weighted by Gasteiger charge is -1.98. The molecular formula is C11H8N4O2S. The van der Waals surface area contributed by atoms with Gasteiger partial charge < -0.3 is 5.11 Å². The van der Waals surface area contributed by atoms with E-state index in [1.165, 1.54) is 17.4 Å². The molecule has 0 spiro atoms. The van der Waals surface area contributed by atoms with Crippen molar-refractivity contribution in [3.8, 4) is 5.82 Å². The van der Waals surface area contributed by atoms with Gasteiger partial charge in [0.2, 0.25) is 0 Å². The highest BCUT2D eigenvalue weighted by Gasteiger charge is 2.12. The number of hydrogen-bond donors (Lipinski definition) is 1. The first-order valence-corrected chi connectivity index (χ1v) is 5.98. The molecule has 3 aromatic heterocycles. The normalized spacial score (nSPS) is 11.6. The van der Waals surface area contributed by atoms with Gasteiger partial charge in [0.25, 0.3) is 0 Å². The molecule has 0 aromatic carbocycles. The number of nitrogens with zero attached hydrogens (tertiary/aromatic N) is 4. The highest BCUT2D eigenvalue weighted by Crippen LogP contribution is 2.21. The van der Waals surface area contributed by atoms with Crippen molar-refractivity contribution in [2.24, 2.45) is 0 Å². The number of rotatable bonds is 3. The molecule has 0 saturated heterocycles. The van der Waals surface area contributed by atoms with Crippen LogP contribution < -0.4 is 0 Å². The smallest absolute Gasteiger partial charge is 0.328 e. The van der Waals surface area contributed by atoms with Crippen molar-refractivity contribution in [2.75, 3.05) is 0 Å². The first-order valence-electron chi connectivity index (χ1n) is 5.10. The van der Waals surface area contributed by atoms with Crippen LogP contribution in [0.1, 0.15) is 5.69 Å². The van der Waals surface area contributed by atoms with Gasteiger partial charge in [-0.15, -0.1) is 11.3 Å². The van der Waals surface area contributed by atoms with Gasteiger partial charge in [0, 0.05) is 30.0 Å². The molecule has 0 atom stereocenters. The Morgan fingerprint density at radius 2 is 2.33 bits per heavy atom. The topological polar surface area (TPSA) is 72.4 Å². The third kappa shape index (κ3) is 1.70. The van der Waals surface area contributed by atoms with Gasteiger partial charge in [-0.1, -0.05) is 0 Å². The number of carboxylic acid groups (broad SMARTS) is 1. The van der Waals surface area contributed by atoms with Crippen molar-refractivity contribution in [1.82, 2.24) is 18.9 Å². The summed E-state index contributed by atoms with van der Waals surface area (Å²) < 4.78 is 3.60. The SMILES string of the molecule is O=C(O)/C=C/c1c(-n2ccnc2)nc2sccn12. The summed E-state index contributed by atoms with van der Waals surface area (Å²) in [6, 6.07) is 0. The largest absolute Gasteiger partial charge is 0.478 e. The van der Waals surface area contributed by atoms with Crippen LogP contribution in [0.15, 0.2) is 36.4 Å². The minimum atomic E-state index is -0.989. The highest BCUT2D eigenvalue weighted by molar-refractivity contribution is 7.15. The van der Waals surface area contributed by atoms with Gasteiger partial charge in [-0.2, -0.15) is 0 Å². The molecule has 18 heavy (non-hydrogen) atoms. The third-order valence-corrected chi connectivity index (χ3v) is 3.17. The Hall–Kier alpha value is -2.41. The molecule has 0 unspecified atom stereocenters. The first-order chi connectivity index (χ1) is 8.75. The number of fused-ring (bicyclic) bond motifs is 1. The van der Waals surface area contributed by atoms with E-state index >= 15 is 0 Å². The van der Waals surface area contributed by atoms with Crippen LogP contribution in [0.25, 0.3) is 16.9 Å². The average molecular weight is 260 g/mol. The van der Waals surface area contributed by atoms with Gasteiger partial charge in [-0.25, -0.2) is 14.8 Å². The molecule has 7 heteroatoms. The highest BCUT2D eigenvalue weighted by atomic mass is 32.1. The molecule has 0 saturated carbocycles. The van der Waals surface area contributed by atoms with Gasteiger partial charge in [-0.3, -0.25) is 8.97 Å². The van der Waals surface area contributed by atoms with Crippen LogP contribution in [-0.2, 0) is 4.79 Å². The molecule has 3 heterocycles. The maximum atomic E-state index is 10.6. The number of carboxylic acids is 1. The molecule has 90 valence electrons. The summed E-state index contributed by atoms with van der Waals surface area (Å²) in [6.45, 7) is 0. The molecule has 3 rings (SSSR count). The van der Waals surface area contributed by atoms with E-state index in [1.807, 2.05) is 16.0 Å². The predicted octanol–water partition coefficient (Wildman–Crippen LogP) is 1.68. The second kappa shape index (κ2) is 4.11. The van der Waals surface area contributed by atoms with E-state index in [-0.39, 0.29) is 0 Å². The zero-order chi connectivity index (χ0) is 12.5. The van der Waals surface area contributed by atoms with Crippen molar-refractivity contribution in [1.29, 1.82) is 0 Å². The molecule has 6 nitrogen and oxygen atoms in total. The fraction of sp³-hybridized carbons (Fsp3) is 0. The Balaban J connectivity index is 2.21. The Bertz CT molecular complexity index is 723. The lowest BCUT2D eigenvalue weighted by Crippen LogP contribution is -1.95. The molecule has 0 radical (unpaired) electrons. The van der Waals surface area contributed by atoms with E-state index in [2.05, 4.69) is 9.97 Å². The van der Waals surface area contributed by atoms with Gasteiger partial charge >= 0.3 is 5.97 Å². The lowest BCUT2D eigenvalue weighted by molar-refractivity contribution is -0.131. The monoisotopic (exact) mass is 260 g/mol. The zero-order valence-corrected chi connectivity index (χ0v) is 9.91. The summed E-state index contributed by atoms with van der Waals surface area (Å²) in [5.41, 5.74) is 0.714. The van der Waals surface area contributed by atoms with E-state index < -0.39 is 5.97 Å². The number of hydrogen-bond acceptors (Lipinski definition) is 4. The Morgan fingerprint density at radius 3 is 3.06 bits per heavy atom. The average Bonchev–Trinajstić information content (AvgIpc) is 3.02. The van der Waals surface area contributed by atoms with Crippen LogP contribution >= 0.6 is 11.3 Å². The Labute approximate surface area is 105 Å². The fourth-order valence-corrected chi connectivity index (χ4v) is 2.39. The molecule has 0 aliphatic carbocycles. The lowest BCUT2D eigenvalue weighted by atomic mass is 10.3. The van der Waals surface area contributed by atoms with Crippen LogP contribution in [0.2, 0.25) is 0 Å². The molecule has 0 amide bonds. The molecule has 0 bridgehead atoms. The molecule has 3 aromatic rings. The summed E-state index contributed by atoms with van der Waals surface area (Å²) >= 11 is 1.49. The number of aromatic nitrogens is 4. The molecule has 0 aliphatic heterocycles. The van der Waals surface area contributed by atoms with Gasteiger partial charge in [0.05, 0.1) is 5.69 Å². The van der Waals surface area contributed by atoms with Gasteiger partial charge in [0.1, 0.15) is 6.33 Å². The summed E-state index contributed by atoms with van der Waals surface area (Å²) in [4.78, 5) is 19.9. The van der Waals surface area contributed by atoms with E-state index in [0.29, 0.717) is 11.5 Å². The zero-order valence-electron chi connectivity index (χ0n) is 9.09. The first kappa shape index (κ1) is 10.7. The fourth-order valence-electron chi connectivity index (χ4n) is 1.67. The second-order valence-electron chi connectivity index (χ2n) is 3.52. The standard InChI is InChI=1S/C11H8N4O2S/c16-9(17)2-1-8-10(14-4-3-12-7-14)13-11-15(8)5-6-18-11/h1-7H,(H,16,17)/b2-1+. The summed E-state index contributed by atoms with van der Waals surface area (Å²) in [5.74, 6) is -0.325. The summed E-state index contributed by atoms with van der Waals surface area (Å²) in [6.07, 6.45) is 9.54. The molecular weight excluding hydrogens is 252 g/mol. The van der Waals surface area contributed by atoms with Crippen molar-refractivity contribution in [3.05, 3.63) is 42.1 Å². The van der Waals surface area contributed by atoms with Crippen molar-refractivity contribution < 1.29 is 9.90 Å². The Kier molecular flexibility index (Phi) is 2.45. The second-order valence-corrected chi connectivity index (χ2v) is 4.39. The third-order valence-electron chi connectivity index (χ3n) is 2.41. The van der Waals surface area contributed by atoms with E-state index in [9.17, 15) is 4.79 Å². The van der Waals surface area contributed by atoms with E-state index in [0.717, 1.165) is 11.0 Å². The van der Waals surface area contributed by atoms with Crippen LogP contribution in [-0.4, -0.2) is 30.0 Å². The van der Waals surface area contributed by atoms with Crippen LogP contribution in [0.4, 0.5) is 0 Å². The minimum Gasteiger partial charge on any atom is -0.478 e. The predicted molar refractivity (Wildman–Crippen MR) is 66.9 cm³/mol. The molecule has 0 aliphatic rings. The van der Waals surface area contributed by atoms with Crippen molar-refractivity contribution in [3.63, 3.8) is 0 Å². The van der Waals surface area contributed by atoms with Crippen molar-refractivity contribution >= 4 is 28.3 Å². The van der Waals surface area contributed by atoms with Crippen LogP contribution in [0, 0.1) is 0 Å². The maximum absolute atomic E-state index is 10.6. The number of thiazole rings is 1. The minimum absolute atomic E-state index is 0.664.